The summed E-state index contributed by atoms with van der Waals surface area (Å²) in [5, 5.41) is 10.7. The van der Waals surface area contributed by atoms with Crippen LogP contribution in [0.15, 0.2) is 24.3 Å². The van der Waals surface area contributed by atoms with Crippen LogP contribution < -0.4 is 0 Å². The van der Waals surface area contributed by atoms with Crippen molar-refractivity contribution < 1.29 is 9.84 Å². The van der Waals surface area contributed by atoms with E-state index in [0.29, 0.717) is 5.92 Å². The summed E-state index contributed by atoms with van der Waals surface area (Å²) in [7, 11) is 0. The van der Waals surface area contributed by atoms with Gasteiger partial charge in [-0.1, -0.05) is 12.1 Å². The van der Waals surface area contributed by atoms with Crippen LogP contribution in [-0.4, -0.2) is 28.8 Å². The Morgan fingerprint density at radius 1 is 1.35 bits per heavy atom. The molecule has 2 atom stereocenters. The molecule has 1 aromatic carbocycles. The van der Waals surface area contributed by atoms with Crippen LogP contribution in [0.4, 0.5) is 0 Å². The Bertz CT molecular complexity index is 454. The fourth-order valence-electron chi connectivity index (χ4n) is 3.39. The predicted molar refractivity (Wildman–Crippen MR) is 92.1 cm³/mol. The first-order valence-corrected chi connectivity index (χ1v) is 9.57. The van der Waals surface area contributed by atoms with Gasteiger partial charge in [0.05, 0.1) is 11.7 Å². The molecule has 0 bridgehead atoms. The van der Waals surface area contributed by atoms with Crippen molar-refractivity contribution in [2.45, 2.75) is 37.4 Å². The normalized spacial score (nSPS) is 27.4. The van der Waals surface area contributed by atoms with Gasteiger partial charge >= 0.3 is 0 Å². The largest absolute Gasteiger partial charge is 0.388 e. The predicted octanol–water partition coefficient (Wildman–Crippen LogP) is 4.02. The lowest BCUT2D eigenvalue weighted by atomic mass is 9.78. The molecule has 2 aliphatic rings. The maximum Gasteiger partial charge on any atom is 0.0820 e. The van der Waals surface area contributed by atoms with E-state index in [1.54, 1.807) is 0 Å². The van der Waals surface area contributed by atoms with E-state index < -0.39 is 0 Å². The SMILES string of the molecule is OC(c1cccc(I)c1)C1CCOC2(CCSCC2)C1. The van der Waals surface area contributed by atoms with Crippen LogP contribution in [0.5, 0.6) is 0 Å². The van der Waals surface area contributed by atoms with Crippen molar-refractivity contribution in [2.24, 2.45) is 5.92 Å². The first-order chi connectivity index (χ1) is 9.69. The molecule has 2 nitrogen and oxygen atoms in total. The molecule has 2 heterocycles. The minimum atomic E-state index is -0.347. The maximum atomic E-state index is 10.7. The van der Waals surface area contributed by atoms with Gasteiger partial charge < -0.3 is 9.84 Å². The number of aliphatic hydroxyl groups excluding tert-OH is 1. The summed E-state index contributed by atoms with van der Waals surface area (Å²) in [6.07, 6.45) is 3.93. The van der Waals surface area contributed by atoms with Gasteiger partial charge in [-0.15, -0.1) is 0 Å². The third kappa shape index (κ3) is 3.34. The first-order valence-electron chi connectivity index (χ1n) is 7.34. The second-order valence-electron chi connectivity index (χ2n) is 5.90. The number of benzene rings is 1. The monoisotopic (exact) mass is 404 g/mol. The molecule has 4 heteroatoms. The van der Waals surface area contributed by atoms with Gasteiger partial charge in [-0.2, -0.15) is 11.8 Å². The molecule has 2 unspecified atom stereocenters. The number of aliphatic hydroxyl groups is 1. The van der Waals surface area contributed by atoms with Crippen molar-refractivity contribution in [3.05, 3.63) is 33.4 Å². The van der Waals surface area contributed by atoms with E-state index in [4.69, 9.17) is 4.74 Å². The summed E-state index contributed by atoms with van der Waals surface area (Å²) in [6, 6.07) is 8.25. The standard InChI is InChI=1S/C16H21IO2S/c17-14-3-1-2-12(10-14)15(18)13-4-7-19-16(11-13)5-8-20-9-6-16/h1-3,10,13,15,18H,4-9,11H2. The lowest BCUT2D eigenvalue weighted by Gasteiger charge is -2.44. The molecular weight excluding hydrogens is 383 g/mol. The summed E-state index contributed by atoms with van der Waals surface area (Å²) in [6.45, 7) is 0.802. The summed E-state index contributed by atoms with van der Waals surface area (Å²) < 4.78 is 7.31. The average molecular weight is 404 g/mol. The molecule has 0 amide bonds. The summed E-state index contributed by atoms with van der Waals surface area (Å²) in [5.74, 6) is 2.74. The summed E-state index contributed by atoms with van der Waals surface area (Å²) >= 11 is 4.33. The van der Waals surface area contributed by atoms with Crippen molar-refractivity contribution >= 4 is 34.4 Å². The Morgan fingerprint density at radius 2 is 2.15 bits per heavy atom. The van der Waals surface area contributed by atoms with Crippen LogP contribution in [-0.2, 0) is 4.74 Å². The molecule has 3 rings (SSSR count). The van der Waals surface area contributed by atoms with Crippen molar-refractivity contribution in [2.75, 3.05) is 18.1 Å². The molecule has 0 aromatic heterocycles. The van der Waals surface area contributed by atoms with Gasteiger partial charge in [-0.25, -0.2) is 0 Å². The van der Waals surface area contributed by atoms with E-state index in [1.165, 1.54) is 15.1 Å². The molecule has 20 heavy (non-hydrogen) atoms. The number of ether oxygens (including phenoxy) is 1. The lowest BCUT2D eigenvalue weighted by molar-refractivity contribution is -0.121. The summed E-state index contributed by atoms with van der Waals surface area (Å²) in [5.41, 5.74) is 1.11. The molecule has 2 aliphatic heterocycles. The third-order valence-electron chi connectivity index (χ3n) is 4.57. The van der Waals surface area contributed by atoms with Gasteiger partial charge in [-0.05, 0) is 83.4 Å². The molecule has 0 radical (unpaired) electrons. The van der Waals surface area contributed by atoms with Crippen LogP contribution in [0.1, 0.15) is 37.4 Å². The molecule has 0 aliphatic carbocycles. The number of rotatable bonds is 2. The van der Waals surface area contributed by atoms with E-state index in [0.717, 1.165) is 37.9 Å². The molecular formula is C16H21IO2S. The minimum Gasteiger partial charge on any atom is -0.388 e. The molecule has 2 saturated heterocycles. The molecule has 1 spiro atoms. The van der Waals surface area contributed by atoms with Crippen molar-refractivity contribution in [3.8, 4) is 0 Å². The van der Waals surface area contributed by atoms with Crippen molar-refractivity contribution in [1.82, 2.24) is 0 Å². The van der Waals surface area contributed by atoms with Gasteiger partial charge in [0, 0.05) is 10.2 Å². The van der Waals surface area contributed by atoms with Crippen LogP contribution >= 0.6 is 34.4 Å². The quantitative estimate of drug-likeness (QED) is 0.756. The van der Waals surface area contributed by atoms with Crippen LogP contribution in [0.3, 0.4) is 0 Å². The lowest BCUT2D eigenvalue weighted by Crippen LogP contribution is -2.44. The molecule has 1 aromatic rings. The van der Waals surface area contributed by atoms with E-state index in [2.05, 4.69) is 34.7 Å². The zero-order valence-electron chi connectivity index (χ0n) is 11.6. The Morgan fingerprint density at radius 3 is 2.90 bits per heavy atom. The topological polar surface area (TPSA) is 29.5 Å². The highest BCUT2D eigenvalue weighted by atomic mass is 127. The minimum absolute atomic E-state index is 0.0527. The zero-order chi connectivity index (χ0) is 14.0. The van der Waals surface area contributed by atoms with Crippen molar-refractivity contribution in [1.29, 1.82) is 0 Å². The van der Waals surface area contributed by atoms with Gasteiger partial charge in [0.2, 0.25) is 0 Å². The molecule has 110 valence electrons. The van der Waals surface area contributed by atoms with E-state index in [-0.39, 0.29) is 11.7 Å². The maximum absolute atomic E-state index is 10.7. The smallest absolute Gasteiger partial charge is 0.0820 e. The highest BCUT2D eigenvalue weighted by molar-refractivity contribution is 14.1. The second kappa shape index (κ2) is 6.55. The molecule has 1 N–H and O–H groups in total. The third-order valence-corrected chi connectivity index (χ3v) is 6.23. The van der Waals surface area contributed by atoms with Gasteiger partial charge in [-0.3, -0.25) is 0 Å². The number of halogens is 1. The van der Waals surface area contributed by atoms with Crippen LogP contribution in [0, 0.1) is 9.49 Å². The number of thioether (sulfide) groups is 1. The van der Waals surface area contributed by atoms with Gasteiger partial charge in [0.25, 0.3) is 0 Å². The second-order valence-corrected chi connectivity index (χ2v) is 8.37. The van der Waals surface area contributed by atoms with Crippen molar-refractivity contribution in [3.63, 3.8) is 0 Å². The van der Waals surface area contributed by atoms with Gasteiger partial charge in [0.1, 0.15) is 0 Å². The summed E-state index contributed by atoms with van der Waals surface area (Å²) in [4.78, 5) is 0. The first kappa shape index (κ1) is 15.1. The Kier molecular flexibility index (Phi) is 4.95. The van der Waals surface area contributed by atoms with Crippen LogP contribution in [0.2, 0.25) is 0 Å². The number of hydrogen-bond acceptors (Lipinski definition) is 3. The van der Waals surface area contributed by atoms with Gasteiger partial charge in [0.15, 0.2) is 0 Å². The van der Waals surface area contributed by atoms with Crippen LogP contribution in [0.25, 0.3) is 0 Å². The fraction of sp³-hybridized carbons (Fsp3) is 0.625. The average Bonchev–Trinajstić information content (AvgIpc) is 2.47. The molecule has 0 saturated carbocycles. The highest BCUT2D eigenvalue weighted by Gasteiger charge is 2.40. The molecule has 2 fully saturated rings. The number of hydrogen-bond donors (Lipinski definition) is 1. The fourth-order valence-corrected chi connectivity index (χ4v) is 5.19. The Hall–Kier alpha value is 0.220. The highest BCUT2D eigenvalue weighted by Crippen LogP contribution is 2.43. The Labute approximate surface area is 138 Å². The van der Waals surface area contributed by atoms with E-state index in [9.17, 15) is 5.11 Å². The zero-order valence-corrected chi connectivity index (χ0v) is 14.5. The Balaban J connectivity index is 1.73. The van der Waals surface area contributed by atoms with E-state index in [1.807, 2.05) is 23.9 Å². The van der Waals surface area contributed by atoms with E-state index >= 15 is 0 Å².